The molecular formula is C10H12Na2O10S2. The first kappa shape index (κ1) is 26.8. The van der Waals surface area contributed by atoms with Crippen LogP contribution in [0.25, 0.3) is 0 Å². The predicted octanol–water partition coefficient (Wildman–Crippen LogP) is -7.75. The van der Waals surface area contributed by atoms with Gasteiger partial charge in [-0.1, -0.05) is 0 Å². The van der Waals surface area contributed by atoms with Crippen LogP contribution in [0.4, 0.5) is 0 Å². The van der Waals surface area contributed by atoms with Crippen LogP contribution in [0.15, 0.2) is 21.9 Å². The van der Waals surface area contributed by atoms with Gasteiger partial charge < -0.3 is 28.8 Å². The number of rotatable bonds is 8. The van der Waals surface area contributed by atoms with Crippen molar-refractivity contribution in [2.45, 2.75) is 9.79 Å². The van der Waals surface area contributed by atoms with E-state index in [1.165, 1.54) is 0 Å². The second-order valence-electron chi connectivity index (χ2n) is 3.80. The van der Waals surface area contributed by atoms with Gasteiger partial charge in [-0.05, 0) is 6.07 Å². The molecule has 0 atom stereocenters. The van der Waals surface area contributed by atoms with Gasteiger partial charge in [0.25, 0.3) is 0 Å². The van der Waals surface area contributed by atoms with E-state index in [0.717, 1.165) is 0 Å². The minimum absolute atomic E-state index is 0. The van der Waals surface area contributed by atoms with E-state index in [4.69, 9.17) is 19.7 Å². The number of ether oxygens (including phenoxy) is 2. The summed E-state index contributed by atoms with van der Waals surface area (Å²) in [6.45, 7) is -1.83. The molecule has 10 nitrogen and oxygen atoms in total. The van der Waals surface area contributed by atoms with Crippen LogP contribution in [-0.2, 0) is 20.2 Å². The molecule has 1 rings (SSSR count). The second kappa shape index (κ2) is 11.3. The molecule has 0 aromatic heterocycles. The summed E-state index contributed by atoms with van der Waals surface area (Å²) in [5.74, 6) is -1.18. The molecule has 24 heavy (non-hydrogen) atoms. The van der Waals surface area contributed by atoms with E-state index in [9.17, 15) is 25.9 Å². The van der Waals surface area contributed by atoms with E-state index >= 15 is 0 Å². The summed E-state index contributed by atoms with van der Waals surface area (Å²) in [5, 5.41) is 17.4. The topological polar surface area (TPSA) is 173 Å². The zero-order valence-electron chi connectivity index (χ0n) is 13.0. The molecule has 2 N–H and O–H groups in total. The maximum atomic E-state index is 11.2. The van der Waals surface area contributed by atoms with Crippen LogP contribution >= 0.6 is 0 Å². The summed E-state index contributed by atoms with van der Waals surface area (Å²) < 4.78 is 76.5. The van der Waals surface area contributed by atoms with Gasteiger partial charge in [0.1, 0.15) is 38.3 Å². The molecule has 0 radical (unpaired) electrons. The van der Waals surface area contributed by atoms with E-state index in [0.29, 0.717) is 12.1 Å². The summed E-state index contributed by atoms with van der Waals surface area (Å²) in [6.07, 6.45) is 0. The molecule has 0 saturated heterocycles. The van der Waals surface area contributed by atoms with Gasteiger partial charge in [-0.3, -0.25) is 0 Å². The molecular weight excluding hydrogens is 390 g/mol. The maximum Gasteiger partial charge on any atom is 1.00 e. The molecule has 0 bridgehead atoms. The molecule has 0 unspecified atom stereocenters. The number of aliphatic hydroxyl groups is 2. The molecule has 0 aliphatic carbocycles. The molecule has 0 heterocycles. The Morgan fingerprint density at radius 1 is 0.875 bits per heavy atom. The molecule has 0 aliphatic rings. The first-order valence-corrected chi connectivity index (χ1v) is 8.50. The average molecular weight is 402 g/mol. The van der Waals surface area contributed by atoms with Crippen molar-refractivity contribution >= 4 is 20.2 Å². The Bertz CT molecular complexity index is 732. The van der Waals surface area contributed by atoms with Crippen molar-refractivity contribution in [3.05, 3.63) is 12.1 Å². The van der Waals surface area contributed by atoms with Crippen LogP contribution in [0.1, 0.15) is 0 Å². The fraction of sp³-hybridized carbons (Fsp3) is 0.400. The van der Waals surface area contributed by atoms with Crippen molar-refractivity contribution in [2.24, 2.45) is 0 Å². The van der Waals surface area contributed by atoms with Gasteiger partial charge in [0, 0.05) is 6.07 Å². The van der Waals surface area contributed by atoms with Crippen LogP contribution in [0.5, 0.6) is 11.5 Å². The Labute approximate surface area is 183 Å². The van der Waals surface area contributed by atoms with Gasteiger partial charge in [-0.2, -0.15) is 0 Å². The van der Waals surface area contributed by atoms with Gasteiger partial charge in [-0.25, -0.2) is 16.8 Å². The van der Waals surface area contributed by atoms with Crippen molar-refractivity contribution in [1.82, 2.24) is 0 Å². The Morgan fingerprint density at radius 2 is 1.38 bits per heavy atom. The van der Waals surface area contributed by atoms with E-state index in [1.807, 2.05) is 0 Å². The first-order chi connectivity index (χ1) is 10.1. The van der Waals surface area contributed by atoms with Crippen molar-refractivity contribution in [3.63, 3.8) is 0 Å². The molecule has 126 valence electrons. The minimum Gasteiger partial charge on any atom is -0.744 e. The van der Waals surface area contributed by atoms with Gasteiger partial charge in [0.15, 0.2) is 11.5 Å². The molecule has 0 saturated carbocycles. The zero-order valence-corrected chi connectivity index (χ0v) is 18.6. The van der Waals surface area contributed by atoms with Crippen molar-refractivity contribution < 1.29 is 105 Å². The van der Waals surface area contributed by atoms with Gasteiger partial charge >= 0.3 is 59.1 Å². The van der Waals surface area contributed by atoms with Crippen molar-refractivity contribution in [1.29, 1.82) is 0 Å². The zero-order chi connectivity index (χ0) is 17.0. The monoisotopic (exact) mass is 402 g/mol. The quantitative estimate of drug-likeness (QED) is 0.314. The standard InChI is InChI=1S/C10H14O10S2.2Na/c11-1-3-19-8-5-7(21(13,14)15)6-9(22(16,17)18)10(8)20-4-2-12;;/h5-6,11-12H,1-4H2,(H,13,14,15)(H,16,17,18);;/q;2*+1/p-2. The fourth-order valence-corrected chi connectivity index (χ4v) is 2.68. The third kappa shape index (κ3) is 7.85. The minimum atomic E-state index is -5.20. The van der Waals surface area contributed by atoms with E-state index < -0.39 is 61.3 Å². The van der Waals surface area contributed by atoms with Crippen molar-refractivity contribution in [3.8, 4) is 11.5 Å². The Hall–Kier alpha value is 0.560. The number of hydrogen-bond acceptors (Lipinski definition) is 10. The van der Waals surface area contributed by atoms with Crippen LogP contribution in [0.3, 0.4) is 0 Å². The molecule has 14 heteroatoms. The number of aliphatic hydroxyl groups excluding tert-OH is 2. The van der Waals surface area contributed by atoms with Gasteiger partial charge in [0.2, 0.25) is 0 Å². The van der Waals surface area contributed by atoms with Crippen LogP contribution < -0.4 is 68.6 Å². The molecule has 0 aliphatic heterocycles. The smallest absolute Gasteiger partial charge is 0.744 e. The van der Waals surface area contributed by atoms with E-state index in [1.54, 1.807) is 0 Å². The maximum absolute atomic E-state index is 11.2. The summed E-state index contributed by atoms with van der Waals surface area (Å²) >= 11 is 0. The molecule has 0 spiro atoms. The summed E-state index contributed by atoms with van der Waals surface area (Å²) in [7, 11) is -10.3. The summed E-state index contributed by atoms with van der Waals surface area (Å²) in [6, 6.07) is 1.02. The van der Waals surface area contributed by atoms with Gasteiger partial charge in [-0.15, -0.1) is 0 Å². The van der Waals surface area contributed by atoms with Crippen molar-refractivity contribution in [2.75, 3.05) is 26.4 Å². The molecule has 1 aromatic carbocycles. The molecule has 0 amide bonds. The van der Waals surface area contributed by atoms with Gasteiger partial charge in [0.05, 0.1) is 18.1 Å². The number of hydrogen-bond donors (Lipinski definition) is 2. The van der Waals surface area contributed by atoms with Crippen LogP contribution in [0, 0.1) is 0 Å². The second-order valence-corrected chi connectivity index (χ2v) is 6.53. The van der Waals surface area contributed by atoms with Crippen LogP contribution in [-0.4, -0.2) is 62.6 Å². The SMILES string of the molecule is O=S(=O)([O-])c1cc(OCCO)c(OCCO)c(S(=O)(=O)[O-])c1.[Na+].[Na+]. The van der Waals surface area contributed by atoms with E-state index in [-0.39, 0.29) is 65.7 Å². The largest absolute Gasteiger partial charge is 1.00 e. The average Bonchev–Trinajstić information content (AvgIpc) is 2.40. The molecule has 1 aromatic rings. The van der Waals surface area contributed by atoms with Crippen LogP contribution in [0.2, 0.25) is 0 Å². The fourth-order valence-electron chi connectivity index (χ4n) is 1.44. The Balaban J connectivity index is 0. The normalized spacial score (nSPS) is 11.2. The summed E-state index contributed by atoms with van der Waals surface area (Å²) in [5.41, 5.74) is 0. The Kier molecular flexibility index (Phi) is 12.6. The molecule has 0 fully saturated rings. The number of benzene rings is 1. The third-order valence-corrected chi connectivity index (χ3v) is 3.89. The first-order valence-electron chi connectivity index (χ1n) is 5.68. The summed E-state index contributed by atoms with van der Waals surface area (Å²) in [4.78, 5) is -2.13. The third-order valence-electron chi connectivity index (χ3n) is 2.24. The Morgan fingerprint density at radius 3 is 1.79 bits per heavy atom. The van der Waals surface area contributed by atoms with E-state index in [2.05, 4.69) is 0 Å². The predicted molar refractivity (Wildman–Crippen MR) is 67.5 cm³/mol.